The molecule has 1 nitrogen and oxygen atoms in total. The second kappa shape index (κ2) is 5.65. The van der Waals surface area contributed by atoms with E-state index in [1.165, 1.54) is 31.7 Å². The van der Waals surface area contributed by atoms with Crippen molar-refractivity contribution in [3.8, 4) is 0 Å². The normalized spacial score (nSPS) is 31.9. The van der Waals surface area contributed by atoms with E-state index < -0.39 is 0 Å². The molecule has 2 bridgehead atoms. The second-order valence-corrected chi connectivity index (χ2v) is 7.04. The Morgan fingerprint density at radius 2 is 2.25 bits per heavy atom. The van der Waals surface area contributed by atoms with E-state index in [1.54, 1.807) is 12.1 Å². The molecule has 2 aliphatic carbocycles. The van der Waals surface area contributed by atoms with Gasteiger partial charge in [-0.3, -0.25) is 0 Å². The number of benzene rings is 1. The average Bonchev–Trinajstić information content (AvgIpc) is 3.02. The monoisotopic (exact) mass is 295 g/mol. The molecular weight excluding hydrogens is 273 g/mol. The molecule has 1 aromatic rings. The molecule has 0 amide bonds. The lowest BCUT2D eigenvalue weighted by molar-refractivity contribution is 0.157. The number of halogens is 2. The molecule has 0 spiro atoms. The van der Waals surface area contributed by atoms with Gasteiger partial charge in [0.25, 0.3) is 0 Å². The van der Waals surface area contributed by atoms with Crippen LogP contribution in [0.15, 0.2) is 18.2 Å². The molecule has 2 saturated carbocycles. The van der Waals surface area contributed by atoms with Gasteiger partial charge in [-0.25, -0.2) is 4.39 Å². The average molecular weight is 296 g/mol. The third kappa shape index (κ3) is 2.60. The molecule has 3 atom stereocenters. The van der Waals surface area contributed by atoms with Gasteiger partial charge < -0.3 is 5.32 Å². The van der Waals surface area contributed by atoms with E-state index in [-0.39, 0.29) is 11.2 Å². The van der Waals surface area contributed by atoms with Gasteiger partial charge in [0.15, 0.2) is 0 Å². The summed E-state index contributed by atoms with van der Waals surface area (Å²) < 4.78 is 13.5. The van der Waals surface area contributed by atoms with Gasteiger partial charge >= 0.3 is 0 Å². The van der Waals surface area contributed by atoms with Crippen molar-refractivity contribution >= 4 is 11.6 Å². The summed E-state index contributed by atoms with van der Waals surface area (Å²) in [5.41, 5.74) is 1.27. The molecule has 110 valence electrons. The van der Waals surface area contributed by atoms with Crippen molar-refractivity contribution in [2.24, 2.45) is 17.3 Å². The van der Waals surface area contributed by atoms with Crippen LogP contribution in [0.2, 0.25) is 5.02 Å². The highest BCUT2D eigenvalue weighted by Crippen LogP contribution is 2.57. The molecule has 1 N–H and O–H groups in total. The van der Waals surface area contributed by atoms with Crippen LogP contribution in [0.1, 0.15) is 38.2 Å². The summed E-state index contributed by atoms with van der Waals surface area (Å²) in [7, 11) is 0. The minimum atomic E-state index is -0.175. The Labute approximate surface area is 125 Å². The molecule has 0 saturated heterocycles. The summed E-state index contributed by atoms with van der Waals surface area (Å²) in [5, 5.41) is 4.25. The zero-order chi connectivity index (χ0) is 14.2. The number of hydrogen-bond donors (Lipinski definition) is 1. The highest BCUT2D eigenvalue weighted by Gasteiger charge is 2.50. The Morgan fingerprint density at radius 1 is 1.40 bits per heavy atom. The molecule has 3 rings (SSSR count). The summed E-state index contributed by atoms with van der Waals surface area (Å²) in [5.74, 6) is 1.49. The summed E-state index contributed by atoms with van der Waals surface area (Å²) in [6.07, 6.45) is 6.27. The number of nitrogens with one attached hydrogen (secondary N) is 1. The van der Waals surface area contributed by atoms with Crippen LogP contribution < -0.4 is 5.32 Å². The van der Waals surface area contributed by atoms with E-state index in [9.17, 15) is 4.39 Å². The van der Waals surface area contributed by atoms with Gasteiger partial charge in [0.2, 0.25) is 0 Å². The summed E-state index contributed by atoms with van der Waals surface area (Å²) in [6, 6.07) is 4.77. The van der Waals surface area contributed by atoms with Crippen LogP contribution in [0.5, 0.6) is 0 Å². The van der Waals surface area contributed by atoms with Crippen LogP contribution >= 0.6 is 11.6 Å². The highest BCUT2D eigenvalue weighted by atomic mass is 35.5. The fraction of sp³-hybridized carbons (Fsp3) is 0.647. The number of rotatable bonds is 5. The van der Waals surface area contributed by atoms with Gasteiger partial charge in [-0.2, -0.15) is 0 Å². The zero-order valence-corrected chi connectivity index (χ0v) is 12.8. The maximum Gasteiger partial charge on any atom is 0.123 e. The molecule has 20 heavy (non-hydrogen) atoms. The zero-order valence-electron chi connectivity index (χ0n) is 12.1. The molecule has 0 radical (unpaired) electrons. The molecule has 2 aliphatic rings. The van der Waals surface area contributed by atoms with Crippen LogP contribution in [0.25, 0.3) is 0 Å². The Balaban J connectivity index is 1.85. The first-order chi connectivity index (χ1) is 9.63. The number of fused-ring (bicyclic) bond motifs is 2. The summed E-state index contributed by atoms with van der Waals surface area (Å²) >= 11 is 6.29. The Hall–Kier alpha value is -0.600. The molecular formula is C17H23ClFN. The molecule has 2 fully saturated rings. The van der Waals surface area contributed by atoms with Crippen LogP contribution in [-0.2, 0) is 6.42 Å². The Kier molecular flexibility index (Phi) is 4.05. The molecule has 0 aromatic heterocycles. The minimum absolute atomic E-state index is 0.175. The van der Waals surface area contributed by atoms with Crippen molar-refractivity contribution in [2.75, 3.05) is 13.1 Å². The molecule has 3 unspecified atom stereocenters. The quantitative estimate of drug-likeness (QED) is 0.847. The van der Waals surface area contributed by atoms with Gasteiger partial charge in [0, 0.05) is 11.6 Å². The van der Waals surface area contributed by atoms with Crippen molar-refractivity contribution in [2.45, 2.75) is 39.0 Å². The van der Waals surface area contributed by atoms with Gasteiger partial charge in [0.1, 0.15) is 5.82 Å². The van der Waals surface area contributed by atoms with Gasteiger partial charge in [-0.05, 0) is 73.2 Å². The lowest BCUT2D eigenvalue weighted by Crippen LogP contribution is -2.40. The smallest absolute Gasteiger partial charge is 0.123 e. The first-order valence-electron chi connectivity index (χ1n) is 7.77. The van der Waals surface area contributed by atoms with Gasteiger partial charge in [0.05, 0.1) is 0 Å². The van der Waals surface area contributed by atoms with Crippen molar-refractivity contribution in [1.29, 1.82) is 0 Å². The van der Waals surface area contributed by atoms with E-state index in [4.69, 9.17) is 11.6 Å². The fourth-order valence-electron chi connectivity index (χ4n) is 4.49. The topological polar surface area (TPSA) is 12.0 Å². The minimum Gasteiger partial charge on any atom is -0.316 e. The van der Waals surface area contributed by atoms with Crippen molar-refractivity contribution in [3.63, 3.8) is 0 Å². The van der Waals surface area contributed by atoms with Gasteiger partial charge in [-0.15, -0.1) is 0 Å². The van der Waals surface area contributed by atoms with Crippen LogP contribution in [-0.4, -0.2) is 13.1 Å². The Bertz CT molecular complexity index is 490. The molecule has 0 heterocycles. The third-order valence-electron chi connectivity index (χ3n) is 5.38. The van der Waals surface area contributed by atoms with Gasteiger partial charge in [-0.1, -0.05) is 24.9 Å². The molecule has 1 aromatic carbocycles. The summed E-state index contributed by atoms with van der Waals surface area (Å²) in [6.45, 7) is 4.18. The van der Waals surface area contributed by atoms with Crippen molar-refractivity contribution in [3.05, 3.63) is 34.6 Å². The Morgan fingerprint density at radius 3 is 2.90 bits per heavy atom. The van der Waals surface area contributed by atoms with E-state index in [0.29, 0.717) is 5.02 Å². The maximum atomic E-state index is 13.5. The first-order valence-corrected chi connectivity index (χ1v) is 8.15. The van der Waals surface area contributed by atoms with Crippen LogP contribution in [0.4, 0.5) is 4.39 Å². The molecule has 3 heteroatoms. The fourth-order valence-corrected chi connectivity index (χ4v) is 4.67. The summed E-state index contributed by atoms with van der Waals surface area (Å²) in [4.78, 5) is 0. The first kappa shape index (κ1) is 14.3. The lowest BCUT2D eigenvalue weighted by atomic mass is 9.69. The predicted molar refractivity (Wildman–Crippen MR) is 81.5 cm³/mol. The maximum absolute atomic E-state index is 13.5. The predicted octanol–water partition coefficient (Wildman–Crippen LogP) is 4.44. The largest absolute Gasteiger partial charge is 0.316 e. The van der Waals surface area contributed by atoms with E-state index in [0.717, 1.165) is 36.9 Å². The third-order valence-corrected chi connectivity index (χ3v) is 5.75. The van der Waals surface area contributed by atoms with E-state index in [2.05, 4.69) is 12.2 Å². The van der Waals surface area contributed by atoms with E-state index in [1.807, 2.05) is 0 Å². The van der Waals surface area contributed by atoms with Crippen LogP contribution in [0.3, 0.4) is 0 Å². The van der Waals surface area contributed by atoms with E-state index >= 15 is 0 Å². The highest BCUT2D eigenvalue weighted by molar-refractivity contribution is 6.31. The van der Waals surface area contributed by atoms with Crippen molar-refractivity contribution in [1.82, 2.24) is 5.32 Å². The standard InChI is InChI=1S/C17H23ClFN/c1-2-20-11-17(9-12-3-4-14(17)7-12)10-13-8-15(19)5-6-16(13)18/h5-6,8,12,14,20H,2-4,7,9-11H2,1H3. The van der Waals surface area contributed by atoms with Crippen LogP contribution in [0, 0.1) is 23.1 Å². The van der Waals surface area contributed by atoms with Crippen molar-refractivity contribution < 1.29 is 4.39 Å². The number of hydrogen-bond acceptors (Lipinski definition) is 1. The lowest BCUT2D eigenvalue weighted by Gasteiger charge is -2.38. The molecule has 0 aliphatic heterocycles. The SMILES string of the molecule is CCNCC1(Cc2cc(F)ccc2Cl)CC2CCC1C2. The second-order valence-electron chi connectivity index (χ2n) is 6.64.